The van der Waals surface area contributed by atoms with Gasteiger partial charge in [0.05, 0.1) is 7.11 Å². The van der Waals surface area contributed by atoms with Crippen LogP contribution in [0.2, 0.25) is 0 Å². The Bertz CT molecular complexity index is 651. The zero-order valence-corrected chi connectivity index (χ0v) is 14.2. The molecule has 1 fully saturated rings. The van der Waals surface area contributed by atoms with Crippen molar-refractivity contribution >= 4 is 17.6 Å². The van der Waals surface area contributed by atoms with Crippen LogP contribution in [0, 0.1) is 0 Å². The topological polar surface area (TPSA) is 66.9 Å². The van der Waals surface area contributed by atoms with Crippen molar-refractivity contribution in [3.63, 3.8) is 0 Å². The molecule has 6 heteroatoms. The molecule has 1 heterocycles. The molecule has 1 unspecified atom stereocenters. The van der Waals surface area contributed by atoms with Crippen LogP contribution in [0.25, 0.3) is 0 Å². The SMILES string of the molecule is COc1ccc(C(=O)/C=C/C(=O)N2CCN(C(C)=O)C(C)C2)cc1. The van der Waals surface area contributed by atoms with Crippen LogP contribution >= 0.6 is 0 Å². The molecule has 1 aliphatic rings. The number of carbonyl (C=O) groups is 3. The smallest absolute Gasteiger partial charge is 0.246 e. The van der Waals surface area contributed by atoms with Gasteiger partial charge < -0.3 is 14.5 Å². The van der Waals surface area contributed by atoms with Gasteiger partial charge in [0.25, 0.3) is 0 Å². The van der Waals surface area contributed by atoms with E-state index in [2.05, 4.69) is 0 Å². The van der Waals surface area contributed by atoms with Gasteiger partial charge in [-0.25, -0.2) is 0 Å². The normalized spacial score (nSPS) is 17.9. The van der Waals surface area contributed by atoms with Crippen LogP contribution in [0.4, 0.5) is 0 Å². The number of carbonyl (C=O) groups excluding carboxylic acids is 3. The number of nitrogens with zero attached hydrogens (tertiary/aromatic N) is 2. The first-order valence-electron chi connectivity index (χ1n) is 7.85. The van der Waals surface area contributed by atoms with Gasteiger partial charge in [0.1, 0.15) is 5.75 Å². The number of piperazine rings is 1. The molecule has 1 saturated heterocycles. The Labute approximate surface area is 141 Å². The van der Waals surface area contributed by atoms with E-state index in [-0.39, 0.29) is 23.6 Å². The van der Waals surface area contributed by atoms with E-state index >= 15 is 0 Å². The summed E-state index contributed by atoms with van der Waals surface area (Å²) in [6.07, 6.45) is 2.58. The van der Waals surface area contributed by atoms with Crippen molar-refractivity contribution in [2.75, 3.05) is 26.7 Å². The summed E-state index contributed by atoms with van der Waals surface area (Å²) in [7, 11) is 1.56. The number of ketones is 1. The molecule has 128 valence electrons. The molecule has 0 N–H and O–H groups in total. The van der Waals surface area contributed by atoms with E-state index < -0.39 is 0 Å². The first-order chi connectivity index (χ1) is 11.4. The molecule has 0 spiro atoms. The fourth-order valence-electron chi connectivity index (χ4n) is 2.73. The van der Waals surface area contributed by atoms with Gasteiger partial charge in [-0.2, -0.15) is 0 Å². The van der Waals surface area contributed by atoms with E-state index in [1.165, 1.54) is 19.1 Å². The summed E-state index contributed by atoms with van der Waals surface area (Å²) in [4.78, 5) is 39.2. The molecule has 1 aromatic carbocycles. The first kappa shape index (κ1) is 17.7. The summed E-state index contributed by atoms with van der Waals surface area (Å²) in [5, 5.41) is 0. The number of methoxy groups -OCH3 is 1. The van der Waals surface area contributed by atoms with Gasteiger partial charge in [0.15, 0.2) is 5.78 Å². The summed E-state index contributed by atoms with van der Waals surface area (Å²) < 4.78 is 5.04. The Morgan fingerprint density at radius 3 is 2.33 bits per heavy atom. The average molecular weight is 330 g/mol. The number of rotatable bonds is 4. The Balaban J connectivity index is 1.95. The average Bonchev–Trinajstić information content (AvgIpc) is 2.59. The number of ether oxygens (including phenoxy) is 1. The Morgan fingerprint density at radius 2 is 1.79 bits per heavy atom. The second-order valence-electron chi connectivity index (χ2n) is 5.77. The van der Waals surface area contributed by atoms with Crippen LogP contribution < -0.4 is 4.74 Å². The van der Waals surface area contributed by atoms with E-state index in [0.717, 1.165) is 0 Å². The van der Waals surface area contributed by atoms with E-state index in [0.29, 0.717) is 30.9 Å². The molecule has 0 aromatic heterocycles. The van der Waals surface area contributed by atoms with Crippen molar-refractivity contribution in [3.05, 3.63) is 42.0 Å². The van der Waals surface area contributed by atoms with Crippen molar-refractivity contribution in [3.8, 4) is 5.75 Å². The third kappa shape index (κ3) is 4.22. The largest absolute Gasteiger partial charge is 0.497 e. The lowest BCUT2D eigenvalue weighted by Crippen LogP contribution is -2.54. The molecule has 1 atom stereocenters. The highest BCUT2D eigenvalue weighted by atomic mass is 16.5. The summed E-state index contributed by atoms with van der Waals surface area (Å²) >= 11 is 0. The Hall–Kier alpha value is -2.63. The Kier molecular flexibility index (Phi) is 5.73. The predicted molar refractivity (Wildman–Crippen MR) is 89.9 cm³/mol. The van der Waals surface area contributed by atoms with Crippen molar-refractivity contribution in [2.45, 2.75) is 19.9 Å². The standard InChI is InChI=1S/C18H22N2O4/c1-13-12-19(10-11-20(13)14(2)21)18(23)9-8-17(22)15-4-6-16(24-3)7-5-15/h4-9,13H,10-12H2,1-3H3/b9-8+. The Morgan fingerprint density at radius 1 is 1.12 bits per heavy atom. The summed E-state index contributed by atoms with van der Waals surface area (Å²) in [6.45, 7) is 4.90. The van der Waals surface area contributed by atoms with Gasteiger partial charge in [-0.05, 0) is 37.3 Å². The van der Waals surface area contributed by atoms with E-state index in [1.54, 1.807) is 41.2 Å². The molecule has 0 radical (unpaired) electrons. The summed E-state index contributed by atoms with van der Waals surface area (Å²) in [5.41, 5.74) is 0.495. The molecule has 2 rings (SSSR count). The predicted octanol–water partition coefficient (Wildman–Crippen LogP) is 1.51. The minimum Gasteiger partial charge on any atom is -0.497 e. The zero-order valence-electron chi connectivity index (χ0n) is 14.2. The van der Waals surface area contributed by atoms with Gasteiger partial charge in [-0.3, -0.25) is 14.4 Å². The van der Waals surface area contributed by atoms with Crippen LogP contribution in [0.15, 0.2) is 36.4 Å². The quantitative estimate of drug-likeness (QED) is 0.620. The van der Waals surface area contributed by atoms with Crippen LogP contribution in [-0.4, -0.2) is 60.2 Å². The third-order valence-corrected chi connectivity index (χ3v) is 4.10. The lowest BCUT2D eigenvalue weighted by atomic mass is 10.1. The van der Waals surface area contributed by atoms with E-state index in [4.69, 9.17) is 4.74 Å². The highest BCUT2D eigenvalue weighted by molar-refractivity contribution is 6.07. The number of hydrogen-bond acceptors (Lipinski definition) is 4. The molecular formula is C18H22N2O4. The van der Waals surface area contributed by atoms with Crippen molar-refractivity contribution < 1.29 is 19.1 Å². The molecule has 0 aliphatic carbocycles. The van der Waals surface area contributed by atoms with Gasteiger partial charge >= 0.3 is 0 Å². The van der Waals surface area contributed by atoms with Crippen molar-refractivity contribution in [2.24, 2.45) is 0 Å². The number of amides is 2. The molecule has 1 aromatic rings. The lowest BCUT2D eigenvalue weighted by Gasteiger charge is -2.39. The minimum absolute atomic E-state index is 0.0137. The second-order valence-corrected chi connectivity index (χ2v) is 5.77. The van der Waals surface area contributed by atoms with E-state index in [1.807, 2.05) is 6.92 Å². The summed E-state index contributed by atoms with van der Waals surface area (Å²) in [5.74, 6) is 0.233. The maximum atomic E-state index is 12.2. The van der Waals surface area contributed by atoms with Crippen molar-refractivity contribution in [1.29, 1.82) is 0 Å². The molecule has 24 heavy (non-hydrogen) atoms. The molecule has 0 saturated carbocycles. The number of allylic oxidation sites excluding steroid dienone is 1. The van der Waals surface area contributed by atoms with Gasteiger partial charge in [-0.1, -0.05) is 0 Å². The molecule has 2 amide bonds. The minimum atomic E-state index is -0.235. The fraction of sp³-hybridized carbons (Fsp3) is 0.389. The number of benzene rings is 1. The fourth-order valence-corrected chi connectivity index (χ4v) is 2.73. The molecule has 6 nitrogen and oxygen atoms in total. The molecule has 1 aliphatic heterocycles. The van der Waals surface area contributed by atoms with Crippen LogP contribution in [-0.2, 0) is 9.59 Å². The van der Waals surface area contributed by atoms with E-state index in [9.17, 15) is 14.4 Å². The maximum Gasteiger partial charge on any atom is 0.246 e. The first-order valence-corrected chi connectivity index (χ1v) is 7.85. The van der Waals surface area contributed by atoms with Gasteiger partial charge in [-0.15, -0.1) is 0 Å². The van der Waals surface area contributed by atoms with Gasteiger partial charge in [0, 0.05) is 44.2 Å². The third-order valence-electron chi connectivity index (χ3n) is 4.10. The molecular weight excluding hydrogens is 308 g/mol. The highest BCUT2D eigenvalue weighted by Crippen LogP contribution is 2.13. The highest BCUT2D eigenvalue weighted by Gasteiger charge is 2.27. The van der Waals surface area contributed by atoms with Crippen LogP contribution in [0.3, 0.4) is 0 Å². The lowest BCUT2D eigenvalue weighted by molar-refractivity contribution is -0.138. The second kappa shape index (κ2) is 7.77. The number of hydrogen-bond donors (Lipinski definition) is 0. The van der Waals surface area contributed by atoms with Crippen LogP contribution in [0.1, 0.15) is 24.2 Å². The van der Waals surface area contributed by atoms with Gasteiger partial charge in [0.2, 0.25) is 11.8 Å². The monoisotopic (exact) mass is 330 g/mol. The maximum absolute atomic E-state index is 12.2. The van der Waals surface area contributed by atoms with Crippen molar-refractivity contribution in [1.82, 2.24) is 9.80 Å². The zero-order chi connectivity index (χ0) is 17.7. The summed E-state index contributed by atoms with van der Waals surface area (Å²) in [6, 6.07) is 6.69. The molecule has 0 bridgehead atoms. The van der Waals surface area contributed by atoms with Crippen LogP contribution in [0.5, 0.6) is 5.75 Å².